The summed E-state index contributed by atoms with van der Waals surface area (Å²) in [5.41, 5.74) is 5.53. The zero-order valence-electron chi connectivity index (χ0n) is 9.21. The van der Waals surface area contributed by atoms with Crippen molar-refractivity contribution in [2.45, 2.75) is 6.54 Å². The van der Waals surface area contributed by atoms with Gasteiger partial charge >= 0.3 is 0 Å². The molecule has 0 aromatic carbocycles. The summed E-state index contributed by atoms with van der Waals surface area (Å²) in [6.07, 6.45) is 6.85. The molecule has 88 valence electrons. The van der Waals surface area contributed by atoms with Gasteiger partial charge in [0.05, 0.1) is 11.9 Å². The zero-order valence-corrected chi connectivity index (χ0v) is 9.21. The highest BCUT2D eigenvalue weighted by atomic mass is 16.1. The number of nitrogens with zero attached hydrogens (tertiary/aromatic N) is 3. The second-order valence-electron chi connectivity index (χ2n) is 3.52. The van der Waals surface area contributed by atoms with E-state index in [9.17, 15) is 4.79 Å². The summed E-state index contributed by atoms with van der Waals surface area (Å²) < 4.78 is 1.96. The van der Waals surface area contributed by atoms with Gasteiger partial charge in [0.2, 0.25) is 5.91 Å². The lowest BCUT2D eigenvalue weighted by Crippen LogP contribution is -2.13. The smallest absolute Gasteiger partial charge is 0.250 e. The molecule has 1 amide bonds. The fourth-order valence-corrected chi connectivity index (χ4v) is 1.38. The molecule has 2 rings (SSSR count). The summed E-state index contributed by atoms with van der Waals surface area (Å²) in [4.78, 5) is 18.9. The Labute approximate surface area is 98.5 Å². The maximum atomic E-state index is 10.8. The molecule has 6 nitrogen and oxygen atoms in total. The molecule has 0 bridgehead atoms. The lowest BCUT2D eigenvalue weighted by Gasteiger charge is -2.06. The molecule has 0 fully saturated rings. The van der Waals surface area contributed by atoms with Crippen LogP contribution < -0.4 is 11.1 Å². The fraction of sp³-hybridized carbons (Fsp3) is 0.182. The first-order valence-corrected chi connectivity index (χ1v) is 5.21. The molecule has 0 unspecified atom stereocenters. The van der Waals surface area contributed by atoms with Crippen molar-refractivity contribution in [2.24, 2.45) is 5.73 Å². The Balaban J connectivity index is 1.85. The van der Waals surface area contributed by atoms with Crippen LogP contribution >= 0.6 is 0 Å². The van der Waals surface area contributed by atoms with Crippen LogP contribution in [0.25, 0.3) is 0 Å². The number of pyridine rings is 1. The van der Waals surface area contributed by atoms with Crippen LogP contribution in [0.1, 0.15) is 10.4 Å². The monoisotopic (exact) mass is 231 g/mol. The standard InChI is InChI=1S/C11H13N5O/c12-11(17)9-1-2-10(15-7-9)14-4-6-16-5-3-13-8-16/h1-3,5,7-8H,4,6H2,(H2,12,17)(H,14,15). The predicted molar refractivity (Wildman–Crippen MR) is 63.5 cm³/mol. The van der Waals surface area contributed by atoms with E-state index in [1.807, 2.05) is 10.8 Å². The van der Waals surface area contributed by atoms with Gasteiger partial charge in [0, 0.05) is 31.7 Å². The maximum absolute atomic E-state index is 10.8. The highest BCUT2D eigenvalue weighted by Gasteiger charge is 2.00. The van der Waals surface area contributed by atoms with Crippen molar-refractivity contribution >= 4 is 11.7 Å². The first-order chi connectivity index (χ1) is 8.25. The summed E-state index contributed by atoms with van der Waals surface area (Å²) >= 11 is 0. The Kier molecular flexibility index (Phi) is 3.34. The first kappa shape index (κ1) is 11.1. The largest absolute Gasteiger partial charge is 0.368 e. The van der Waals surface area contributed by atoms with Gasteiger partial charge in [0.25, 0.3) is 0 Å². The number of amides is 1. The molecule has 0 aliphatic carbocycles. The Morgan fingerprint density at radius 3 is 2.94 bits per heavy atom. The van der Waals surface area contributed by atoms with E-state index in [1.165, 1.54) is 6.20 Å². The van der Waals surface area contributed by atoms with E-state index < -0.39 is 5.91 Å². The summed E-state index contributed by atoms with van der Waals surface area (Å²) in [5, 5.41) is 3.14. The van der Waals surface area contributed by atoms with Crippen molar-refractivity contribution in [1.82, 2.24) is 14.5 Å². The van der Waals surface area contributed by atoms with Crippen molar-refractivity contribution in [2.75, 3.05) is 11.9 Å². The number of rotatable bonds is 5. The molecule has 0 radical (unpaired) electrons. The van der Waals surface area contributed by atoms with Gasteiger partial charge in [-0.05, 0) is 12.1 Å². The summed E-state index contributed by atoms with van der Waals surface area (Å²) in [6.45, 7) is 1.54. The number of primary amides is 1. The number of carbonyl (C=O) groups excluding carboxylic acids is 1. The summed E-state index contributed by atoms with van der Waals surface area (Å²) in [7, 11) is 0. The quantitative estimate of drug-likeness (QED) is 0.784. The van der Waals surface area contributed by atoms with E-state index in [4.69, 9.17) is 5.73 Å². The number of hydrogen-bond acceptors (Lipinski definition) is 4. The van der Waals surface area contributed by atoms with Crippen LogP contribution in [-0.2, 0) is 6.54 Å². The maximum Gasteiger partial charge on any atom is 0.250 e. The van der Waals surface area contributed by atoms with Crippen LogP contribution in [0.3, 0.4) is 0 Å². The van der Waals surface area contributed by atoms with Crippen LogP contribution in [0, 0.1) is 0 Å². The first-order valence-electron chi connectivity index (χ1n) is 5.21. The molecule has 2 aromatic rings. The Hall–Kier alpha value is -2.37. The summed E-state index contributed by atoms with van der Waals surface area (Å²) in [5.74, 6) is 0.248. The fourth-order valence-electron chi connectivity index (χ4n) is 1.38. The third-order valence-electron chi connectivity index (χ3n) is 2.28. The van der Waals surface area contributed by atoms with Crippen LogP contribution in [0.5, 0.6) is 0 Å². The van der Waals surface area contributed by atoms with E-state index >= 15 is 0 Å². The van der Waals surface area contributed by atoms with E-state index in [0.29, 0.717) is 5.56 Å². The van der Waals surface area contributed by atoms with Gasteiger partial charge in [-0.1, -0.05) is 0 Å². The van der Waals surface area contributed by atoms with Gasteiger partial charge in [-0.3, -0.25) is 4.79 Å². The van der Waals surface area contributed by atoms with Gasteiger partial charge in [0.1, 0.15) is 5.82 Å². The Morgan fingerprint density at radius 2 is 2.35 bits per heavy atom. The third-order valence-corrected chi connectivity index (χ3v) is 2.28. The average Bonchev–Trinajstić information content (AvgIpc) is 2.83. The van der Waals surface area contributed by atoms with Gasteiger partial charge in [0.15, 0.2) is 0 Å². The lowest BCUT2D eigenvalue weighted by atomic mass is 10.3. The number of nitrogens with two attached hydrogens (primary N) is 1. The van der Waals surface area contributed by atoms with Crippen molar-refractivity contribution in [3.63, 3.8) is 0 Å². The molecule has 0 saturated heterocycles. The van der Waals surface area contributed by atoms with Crippen LogP contribution in [-0.4, -0.2) is 27.0 Å². The highest BCUT2D eigenvalue weighted by molar-refractivity contribution is 5.92. The molecule has 17 heavy (non-hydrogen) atoms. The van der Waals surface area contributed by atoms with Gasteiger partial charge < -0.3 is 15.6 Å². The minimum absolute atomic E-state index is 0.408. The van der Waals surface area contributed by atoms with E-state index in [2.05, 4.69) is 15.3 Å². The molecule has 0 aliphatic rings. The molecule has 6 heteroatoms. The molecular formula is C11H13N5O. The zero-order chi connectivity index (χ0) is 12.1. The number of aromatic nitrogens is 3. The third kappa shape index (κ3) is 3.04. The molecule has 2 heterocycles. The normalized spacial score (nSPS) is 10.1. The second kappa shape index (κ2) is 5.11. The number of nitrogens with one attached hydrogen (secondary N) is 1. The Bertz CT molecular complexity index is 477. The minimum Gasteiger partial charge on any atom is -0.368 e. The number of carbonyl (C=O) groups is 1. The number of anilines is 1. The highest BCUT2D eigenvalue weighted by Crippen LogP contribution is 2.04. The second-order valence-corrected chi connectivity index (χ2v) is 3.52. The molecule has 0 spiro atoms. The summed E-state index contributed by atoms with van der Waals surface area (Å²) in [6, 6.07) is 3.38. The van der Waals surface area contributed by atoms with Crippen molar-refractivity contribution in [3.8, 4) is 0 Å². The van der Waals surface area contributed by atoms with Crippen LogP contribution in [0.15, 0.2) is 37.1 Å². The van der Waals surface area contributed by atoms with Crippen molar-refractivity contribution < 1.29 is 4.79 Å². The van der Waals surface area contributed by atoms with Crippen LogP contribution in [0.2, 0.25) is 0 Å². The minimum atomic E-state index is -0.470. The molecule has 0 aliphatic heterocycles. The molecule has 0 saturated carbocycles. The predicted octanol–water partition coefficient (Wildman–Crippen LogP) is 0.489. The van der Waals surface area contributed by atoms with Gasteiger partial charge in [-0.25, -0.2) is 9.97 Å². The molecular weight excluding hydrogens is 218 g/mol. The number of hydrogen-bond donors (Lipinski definition) is 2. The van der Waals surface area contributed by atoms with Gasteiger partial charge in [-0.15, -0.1) is 0 Å². The lowest BCUT2D eigenvalue weighted by molar-refractivity contribution is 0.1000. The van der Waals surface area contributed by atoms with E-state index in [1.54, 1.807) is 24.7 Å². The molecule has 0 atom stereocenters. The number of imidazole rings is 1. The molecule has 3 N–H and O–H groups in total. The van der Waals surface area contributed by atoms with E-state index in [-0.39, 0.29) is 0 Å². The van der Waals surface area contributed by atoms with E-state index in [0.717, 1.165) is 18.9 Å². The topological polar surface area (TPSA) is 85.8 Å². The van der Waals surface area contributed by atoms with Crippen molar-refractivity contribution in [1.29, 1.82) is 0 Å². The van der Waals surface area contributed by atoms with Crippen molar-refractivity contribution in [3.05, 3.63) is 42.6 Å². The SMILES string of the molecule is NC(=O)c1ccc(NCCn2ccnc2)nc1. The van der Waals surface area contributed by atoms with Crippen LogP contribution in [0.4, 0.5) is 5.82 Å². The molecule has 2 aromatic heterocycles. The Morgan fingerprint density at radius 1 is 1.47 bits per heavy atom. The van der Waals surface area contributed by atoms with Gasteiger partial charge in [-0.2, -0.15) is 0 Å². The average molecular weight is 231 g/mol.